The average Bonchev–Trinajstić information content (AvgIpc) is 3.65. The lowest BCUT2D eigenvalue weighted by molar-refractivity contribution is 0.0968. The van der Waals surface area contributed by atoms with Crippen LogP contribution in [0.15, 0.2) is 42.6 Å². The Labute approximate surface area is 182 Å². The highest BCUT2D eigenvalue weighted by molar-refractivity contribution is 6.10. The molecular weight excluding hydrogens is 388 g/mol. The summed E-state index contributed by atoms with van der Waals surface area (Å²) in [6.07, 6.45) is 9.73. The average molecular weight is 417 g/mol. The van der Waals surface area contributed by atoms with Gasteiger partial charge in [0.2, 0.25) is 0 Å². The van der Waals surface area contributed by atoms with E-state index in [9.17, 15) is 9.90 Å². The third-order valence-corrected chi connectivity index (χ3v) is 6.55. The standard InChI is InChI=1S/C26H28N2O3/c1-31-24-14-18(10-12-23(24)29)17-9-11-22-20(13-17)25(28-19-5-3-2-4-6-19)21(15-27-22)26(30)16-7-8-16/h9-16,19,29H,2-8H2,1H3,(H,27,28). The minimum absolute atomic E-state index is 0.116. The van der Waals surface area contributed by atoms with Crippen molar-refractivity contribution in [2.24, 2.45) is 5.92 Å². The zero-order valence-corrected chi connectivity index (χ0v) is 17.9. The van der Waals surface area contributed by atoms with Gasteiger partial charge in [0.25, 0.3) is 0 Å². The fraction of sp³-hybridized carbons (Fsp3) is 0.385. The van der Waals surface area contributed by atoms with Crippen LogP contribution in [0.25, 0.3) is 22.0 Å². The number of aromatic hydroxyl groups is 1. The van der Waals surface area contributed by atoms with Crippen molar-refractivity contribution >= 4 is 22.4 Å². The second-order valence-corrected chi connectivity index (χ2v) is 8.78. The van der Waals surface area contributed by atoms with Gasteiger partial charge < -0.3 is 15.2 Å². The molecule has 1 heterocycles. The third kappa shape index (κ3) is 3.97. The van der Waals surface area contributed by atoms with Crippen LogP contribution < -0.4 is 10.1 Å². The summed E-state index contributed by atoms with van der Waals surface area (Å²) < 4.78 is 5.28. The molecule has 0 saturated heterocycles. The maximum absolute atomic E-state index is 13.1. The summed E-state index contributed by atoms with van der Waals surface area (Å²) in [6, 6.07) is 11.9. The Morgan fingerprint density at radius 1 is 1.03 bits per heavy atom. The molecule has 2 N–H and O–H groups in total. The number of ketones is 1. The quantitative estimate of drug-likeness (QED) is 0.486. The Balaban J connectivity index is 1.62. The van der Waals surface area contributed by atoms with Crippen molar-refractivity contribution in [3.05, 3.63) is 48.2 Å². The number of methoxy groups -OCH3 is 1. The zero-order valence-electron chi connectivity index (χ0n) is 17.9. The number of nitrogens with zero attached hydrogens (tertiary/aromatic N) is 1. The van der Waals surface area contributed by atoms with Crippen LogP contribution in [0.1, 0.15) is 55.3 Å². The summed E-state index contributed by atoms with van der Waals surface area (Å²) in [5, 5.41) is 14.7. The fourth-order valence-electron chi connectivity index (χ4n) is 4.59. The van der Waals surface area contributed by atoms with Crippen molar-refractivity contribution in [3.8, 4) is 22.6 Å². The van der Waals surface area contributed by atoms with Crippen LogP contribution in [-0.4, -0.2) is 29.0 Å². The lowest BCUT2D eigenvalue weighted by Gasteiger charge is -2.26. The molecule has 2 aliphatic rings. The Kier molecular flexibility index (Phi) is 5.26. The molecule has 2 saturated carbocycles. The minimum Gasteiger partial charge on any atom is -0.504 e. The predicted molar refractivity (Wildman–Crippen MR) is 123 cm³/mol. The molecule has 2 aromatic carbocycles. The molecule has 5 nitrogen and oxygen atoms in total. The number of pyridine rings is 1. The van der Waals surface area contributed by atoms with Crippen molar-refractivity contribution in [2.75, 3.05) is 12.4 Å². The van der Waals surface area contributed by atoms with Gasteiger partial charge in [0, 0.05) is 23.5 Å². The Bertz CT molecular complexity index is 1130. The molecule has 0 aliphatic heterocycles. The number of nitrogens with one attached hydrogen (secondary N) is 1. The van der Waals surface area contributed by atoms with Crippen LogP contribution in [0.2, 0.25) is 0 Å². The van der Waals surface area contributed by atoms with Crippen molar-refractivity contribution in [1.82, 2.24) is 4.98 Å². The largest absolute Gasteiger partial charge is 0.504 e. The van der Waals surface area contributed by atoms with E-state index in [-0.39, 0.29) is 17.5 Å². The molecule has 0 radical (unpaired) electrons. The number of aromatic nitrogens is 1. The van der Waals surface area contributed by atoms with Crippen LogP contribution in [-0.2, 0) is 0 Å². The van der Waals surface area contributed by atoms with Crippen molar-refractivity contribution in [2.45, 2.75) is 51.0 Å². The molecule has 3 aromatic rings. The summed E-state index contributed by atoms with van der Waals surface area (Å²) in [6.45, 7) is 0. The van der Waals surface area contributed by atoms with E-state index in [4.69, 9.17) is 4.74 Å². The molecule has 2 aliphatic carbocycles. The first-order valence-corrected chi connectivity index (χ1v) is 11.2. The van der Waals surface area contributed by atoms with Gasteiger partial charge in [-0.15, -0.1) is 0 Å². The van der Waals surface area contributed by atoms with Crippen LogP contribution >= 0.6 is 0 Å². The van der Waals surface area contributed by atoms with E-state index < -0.39 is 0 Å². The summed E-state index contributed by atoms with van der Waals surface area (Å²) in [4.78, 5) is 17.7. The molecule has 2 fully saturated rings. The molecule has 0 unspecified atom stereocenters. The zero-order chi connectivity index (χ0) is 21.4. The van der Waals surface area contributed by atoms with Crippen LogP contribution in [0.3, 0.4) is 0 Å². The van der Waals surface area contributed by atoms with E-state index in [2.05, 4.69) is 16.4 Å². The van der Waals surface area contributed by atoms with Gasteiger partial charge in [0.05, 0.1) is 23.9 Å². The topological polar surface area (TPSA) is 71.5 Å². The van der Waals surface area contributed by atoms with Gasteiger partial charge in [-0.25, -0.2) is 0 Å². The number of hydrogen-bond donors (Lipinski definition) is 2. The minimum atomic E-state index is 0.116. The second kappa shape index (κ2) is 8.22. The summed E-state index contributed by atoms with van der Waals surface area (Å²) in [5.41, 5.74) is 4.47. The van der Waals surface area contributed by atoms with Gasteiger partial charge in [-0.1, -0.05) is 31.4 Å². The summed E-state index contributed by atoms with van der Waals surface area (Å²) in [7, 11) is 1.55. The fourth-order valence-corrected chi connectivity index (χ4v) is 4.59. The van der Waals surface area contributed by atoms with E-state index in [1.165, 1.54) is 19.3 Å². The molecule has 31 heavy (non-hydrogen) atoms. The van der Waals surface area contributed by atoms with Gasteiger partial charge >= 0.3 is 0 Å². The van der Waals surface area contributed by atoms with Gasteiger partial charge in [-0.3, -0.25) is 9.78 Å². The number of carbonyl (C=O) groups is 1. The molecule has 1 aromatic heterocycles. The molecule has 160 valence electrons. The van der Waals surface area contributed by atoms with E-state index in [0.29, 0.717) is 11.8 Å². The third-order valence-electron chi connectivity index (χ3n) is 6.55. The predicted octanol–water partition coefficient (Wildman–Crippen LogP) is 5.95. The van der Waals surface area contributed by atoms with E-state index in [1.807, 2.05) is 24.3 Å². The van der Waals surface area contributed by atoms with Gasteiger partial charge in [0.1, 0.15) is 0 Å². The molecule has 0 spiro atoms. The summed E-state index contributed by atoms with van der Waals surface area (Å²) in [5.74, 6) is 0.916. The van der Waals surface area contributed by atoms with Gasteiger partial charge in [-0.05, 0) is 61.1 Å². The molecule has 5 rings (SSSR count). The SMILES string of the molecule is COc1cc(-c2ccc3ncc(C(=O)C4CC4)c(NC4CCCCC4)c3c2)ccc1O. The highest BCUT2D eigenvalue weighted by atomic mass is 16.5. The molecule has 0 amide bonds. The number of carbonyl (C=O) groups excluding carboxylic acids is 1. The number of anilines is 1. The number of ether oxygens (including phenoxy) is 1. The van der Waals surface area contributed by atoms with Crippen LogP contribution in [0.5, 0.6) is 11.5 Å². The first-order chi connectivity index (χ1) is 15.1. The lowest BCUT2D eigenvalue weighted by atomic mass is 9.93. The number of Topliss-reactive ketones (excluding diaryl/α,β-unsaturated/α-hetero) is 1. The molecule has 5 heteroatoms. The van der Waals surface area contributed by atoms with Crippen molar-refractivity contribution < 1.29 is 14.6 Å². The van der Waals surface area contributed by atoms with Crippen LogP contribution in [0, 0.1) is 5.92 Å². The smallest absolute Gasteiger partial charge is 0.169 e. The van der Waals surface area contributed by atoms with E-state index in [1.54, 1.807) is 19.4 Å². The van der Waals surface area contributed by atoms with Crippen LogP contribution in [0.4, 0.5) is 5.69 Å². The molecular formula is C26H28N2O3. The monoisotopic (exact) mass is 416 g/mol. The Hall–Kier alpha value is -3.08. The van der Waals surface area contributed by atoms with Gasteiger partial charge in [0.15, 0.2) is 17.3 Å². The van der Waals surface area contributed by atoms with E-state index >= 15 is 0 Å². The lowest BCUT2D eigenvalue weighted by Crippen LogP contribution is -2.24. The number of rotatable bonds is 6. The van der Waals surface area contributed by atoms with Gasteiger partial charge in [-0.2, -0.15) is 0 Å². The highest BCUT2D eigenvalue weighted by Gasteiger charge is 2.33. The summed E-state index contributed by atoms with van der Waals surface area (Å²) >= 11 is 0. The first kappa shape index (κ1) is 19.9. The Morgan fingerprint density at radius 3 is 2.52 bits per heavy atom. The van der Waals surface area contributed by atoms with Crippen molar-refractivity contribution in [1.29, 1.82) is 0 Å². The maximum atomic E-state index is 13.1. The second-order valence-electron chi connectivity index (χ2n) is 8.78. The molecule has 0 bridgehead atoms. The number of phenolic OH excluding ortho intramolecular Hbond substituents is 1. The number of hydrogen-bond acceptors (Lipinski definition) is 5. The van der Waals surface area contributed by atoms with E-state index in [0.717, 1.165) is 59.0 Å². The number of phenols is 1. The first-order valence-electron chi connectivity index (χ1n) is 11.2. The highest BCUT2D eigenvalue weighted by Crippen LogP contribution is 2.39. The number of benzene rings is 2. The Morgan fingerprint density at radius 2 is 1.77 bits per heavy atom. The molecule has 0 atom stereocenters. The number of fused-ring (bicyclic) bond motifs is 1. The van der Waals surface area contributed by atoms with Crippen molar-refractivity contribution in [3.63, 3.8) is 0 Å². The normalized spacial score (nSPS) is 16.9. The maximum Gasteiger partial charge on any atom is 0.169 e.